The molecule has 6 heteroatoms. The molecule has 6 nitrogen and oxygen atoms in total. The van der Waals surface area contributed by atoms with Gasteiger partial charge in [-0.15, -0.1) is 5.10 Å². The molecule has 0 fully saturated rings. The summed E-state index contributed by atoms with van der Waals surface area (Å²) in [5.74, 6) is 0.178. The van der Waals surface area contributed by atoms with Crippen molar-refractivity contribution in [2.24, 2.45) is 0 Å². The number of phenols is 1. The third-order valence-electron chi connectivity index (χ3n) is 4.00. The van der Waals surface area contributed by atoms with Crippen LogP contribution < -0.4 is 0 Å². The average Bonchev–Trinajstić information content (AvgIpc) is 3.21. The molecule has 116 valence electrons. The highest BCUT2D eigenvalue weighted by Gasteiger charge is 2.16. The van der Waals surface area contributed by atoms with Gasteiger partial charge in [-0.1, -0.05) is 23.4 Å². The van der Waals surface area contributed by atoms with Crippen molar-refractivity contribution in [1.82, 2.24) is 20.0 Å². The summed E-state index contributed by atoms with van der Waals surface area (Å²) in [5, 5.41) is 28.0. The first kappa shape index (κ1) is 14.0. The molecule has 2 N–H and O–H groups in total. The second-order valence-corrected chi connectivity index (χ2v) is 5.46. The number of nitrogens with zero attached hydrogens (tertiary/aromatic N) is 4. The Morgan fingerprint density at radius 1 is 1.12 bits per heavy atom. The van der Waals surface area contributed by atoms with E-state index < -0.39 is 0 Å². The van der Waals surface area contributed by atoms with Crippen LogP contribution in [0.3, 0.4) is 0 Å². The van der Waals surface area contributed by atoms with E-state index in [0.29, 0.717) is 17.8 Å². The number of benzene rings is 2. The van der Waals surface area contributed by atoms with Crippen molar-refractivity contribution in [3.05, 3.63) is 71.7 Å². The number of aromatic hydroxyl groups is 1. The van der Waals surface area contributed by atoms with E-state index in [1.54, 1.807) is 28.9 Å². The number of nitrogens with one attached hydrogen (secondary N) is 1. The number of para-hydroxylation sites is 1. The van der Waals surface area contributed by atoms with Crippen molar-refractivity contribution in [2.75, 3.05) is 0 Å². The molecule has 0 saturated carbocycles. The van der Waals surface area contributed by atoms with E-state index in [0.717, 1.165) is 22.2 Å². The minimum Gasteiger partial charge on any atom is -0.508 e. The van der Waals surface area contributed by atoms with Crippen molar-refractivity contribution < 1.29 is 5.11 Å². The fourth-order valence-electron chi connectivity index (χ4n) is 2.81. The molecule has 0 saturated heterocycles. The molecule has 0 aliphatic heterocycles. The van der Waals surface area contributed by atoms with E-state index in [1.165, 1.54) is 0 Å². The summed E-state index contributed by atoms with van der Waals surface area (Å²) in [4.78, 5) is 3.24. The van der Waals surface area contributed by atoms with Gasteiger partial charge >= 0.3 is 0 Å². The zero-order valence-electron chi connectivity index (χ0n) is 12.6. The Morgan fingerprint density at radius 2 is 1.92 bits per heavy atom. The summed E-state index contributed by atoms with van der Waals surface area (Å²) in [6.07, 6.45) is 2.47. The van der Waals surface area contributed by atoms with Gasteiger partial charge in [0.2, 0.25) is 0 Å². The Balaban J connectivity index is 1.81. The summed E-state index contributed by atoms with van der Waals surface area (Å²) >= 11 is 0. The van der Waals surface area contributed by atoms with E-state index in [-0.39, 0.29) is 5.75 Å². The van der Waals surface area contributed by atoms with Gasteiger partial charge in [0.25, 0.3) is 0 Å². The maximum Gasteiger partial charge on any atom is 0.186 e. The molecular weight excluding hydrogens is 302 g/mol. The number of aromatic nitrogens is 4. The van der Waals surface area contributed by atoms with Gasteiger partial charge in [0, 0.05) is 23.5 Å². The molecule has 2 heterocycles. The molecular formula is C18H13N5O. The number of hydrogen-bond acceptors (Lipinski definition) is 4. The molecule has 24 heavy (non-hydrogen) atoms. The van der Waals surface area contributed by atoms with Crippen LogP contribution in [0.1, 0.15) is 17.0 Å². The van der Waals surface area contributed by atoms with Crippen LogP contribution in [-0.2, 0) is 6.42 Å². The van der Waals surface area contributed by atoms with Gasteiger partial charge in [-0.2, -0.15) is 5.26 Å². The quantitative estimate of drug-likeness (QED) is 0.608. The van der Waals surface area contributed by atoms with Crippen LogP contribution in [0.5, 0.6) is 5.75 Å². The second-order valence-electron chi connectivity index (χ2n) is 5.46. The Labute approximate surface area is 137 Å². The van der Waals surface area contributed by atoms with Crippen LogP contribution in [0.15, 0.2) is 54.7 Å². The van der Waals surface area contributed by atoms with Crippen LogP contribution >= 0.6 is 0 Å². The van der Waals surface area contributed by atoms with Crippen LogP contribution in [0.2, 0.25) is 0 Å². The van der Waals surface area contributed by atoms with E-state index in [4.69, 9.17) is 0 Å². The third kappa shape index (κ3) is 2.29. The highest BCUT2D eigenvalue weighted by molar-refractivity contribution is 5.83. The zero-order valence-corrected chi connectivity index (χ0v) is 12.6. The SMILES string of the molecule is N#Cc1nnn(-c2ccc(O)cc2)c1Cc1c[nH]c2ccccc12. The summed E-state index contributed by atoms with van der Waals surface area (Å²) in [6.45, 7) is 0. The smallest absolute Gasteiger partial charge is 0.186 e. The normalized spacial score (nSPS) is 10.8. The summed E-state index contributed by atoms with van der Waals surface area (Å²) < 4.78 is 1.64. The third-order valence-corrected chi connectivity index (χ3v) is 4.00. The standard InChI is InChI=1S/C18H13N5O/c19-10-17-18(9-12-11-20-16-4-2-1-3-15(12)16)23(22-21-17)13-5-7-14(24)8-6-13/h1-8,11,20,24H,9H2. The lowest BCUT2D eigenvalue weighted by Crippen LogP contribution is -2.03. The van der Waals surface area contributed by atoms with E-state index in [2.05, 4.69) is 21.4 Å². The van der Waals surface area contributed by atoms with Gasteiger partial charge in [-0.3, -0.25) is 0 Å². The molecule has 0 radical (unpaired) electrons. The number of rotatable bonds is 3. The molecule has 0 atom stereocenters. The lowest BCUT2D eigenvalue weighted by molar-refractivity contribution is 0.475. The first-order valence-electron chi connectivity index (χ1n) is 7.45. The van der Waals surface area contributed by atoms with Crippen LogP contribution in [-0.4, -0.2) is 25.1 Å². The maximum atomic E-state index is 9.45. The fraction of sp³-hybridized carbons (Fsp3) is 0.0556. The lowest BCUT2D eigenvalue weighted by atomic mass is 10.1. The monoisotopic (exact) mass is 315 g/mol. The molecule has 0 aliphatic rings. The molecule has 4 rings (SSSR count). The molecule has 0 amide bonds. The predicted molar refractivity (Wildman–Crippen MR) is 88.8 cm³/mol. The topological polar surface area (TPSA) is 90.5 Å². The minimum absolute atomic E-state index is 0.178. The van der Waals surface area contributed by atoms with Crippen molar-refractivity contribution in [3.63, 3.8) is 0 Å². The Morgan fingerprint density at radius 3 is 2.71 bits per heavy atom. The average molecular weight is 315 g/mol. The number of fused-ring (bicyclic) bond motifs is 1. The van der Waals surface area contributed by atoms with Gasteiger partial charge < -0.3 is 10.1 Å². The Bertz CT molecular complexity index is 1050. The van der Waals surface area contributed by atoms with Crippen LogP contribution in [0.25, 0.3) is 16.6 Å². The first-order chi connectivity index (χ1) is 11.8. The lowest BCUT2D eigenvalue weighted by Gasteiger charge is -2.06. The van der Waals surface area contributed by atoms with Gasteiger partial charge in [-0.25, -0.2) is 4.68 Å². The molecule has 0 unspecified atom stereocenters. The van der Waals surface area contributed by atoms with Crippen molar-refractivity contribution in [2.45, 2.75) is 6.42 Å². The van der Waals surface area contributed by atoms with E-state index in [9.17, 15) is 10.4 Å². The highest BCUT2D eigenvalue weighted by atomic mass is 16.3. The highest BCUT2D eigenvalue weighted by Crippen LogP contribution is 2.23. The van der Waals surface area contributed by atoms with Gasteiger partial charge in [0.05, 0.1) is 11.4 Å². The predicted octanol–water partition coefficient (Wildman–Crippen LogP) is 2.92. The number of phenolic OH excluding ortho intramolecular Hbond substituents is 1. The Kier molecular flexibility index (Phi) is 3.25. The van der Waals surface area contributed by atoms with Crippen molar-refractivity contribution in [1.29, 1.82) is 5.26 Å². The molecule has 2 aromatic heterocycles. The molecule has 4 aromatic rings. The number of nitriles is 1. The summed E-state index contributed by atoms with van der Waals surface area (Å²) in [6, 6.07) is 16.8. The Hall–Kier alpha value is -3.59. The van der Waals surface area contributed by atoms with Crippen LogP contribution in [0.4, 0.5) is 0 Å². The number of aromatic amines is 1. The number of H-pyrrole nitrogens is 1. The largest absolute Gasteiger partial charge is 0.508 e. The fourth-order valence-corrected chi connectivity index (χ4v) is 2.81. The molecule has 0 aliphatic carbocycles. The van der Waals surface area contributed by atoms with Crippen molar-refractivity contribution in [3.8, 4) is 17.5 Å². The minimum atomic E-state index is 0.178. The molecule has 2 aromatic carbocycles. The number of hydrogen-bond donors (Lipinski definition) is 2. The van der Waals surface area contributed by atoms with Crippen LogP contribution in [0, 0.1) is 11.3 Å². The second kappa shape index (κ2) is 5.56. The maximum absolute atomic E-state index is 9.45. The molecule has 0 spiro atoms. The van der Waals surface area contributed by atoms with E-state index in [1.807, 2.05) is 30.5 Å². The zero-order chi connectivity index (χ0) is 16.5. The van der Waals surface area contributed by atoms with Gasteiger partial charge in [0.1, 0.15) is 11.8 Å². The van der Waals surface area contributed by atoms with E-state index >= 15 is 0 Å². The summed E-state index contributed by atoms with van der Waals surface area (Å²) in [7, 11) is 0. The summed E-state index contributed by atoms with van der Waals surface area (Å²) in [5.41, 5.74) is 3.89. The first-order valence-corrected chi connectivity index (χ1v) is 7.45. The van der Waals surface area contributed by atoms with Crippen molar-refractivity contribution >= 4 is 10.9 Å². The molecule has 0 bridgehead atoms. The van der Waals surface area contributed by atoms with Gasteiger partial charge in [-0.05, 0) is 35.9 Å². The van der Waals surface area contributed by atoms with Gasteiger partial charge in [0.15, 0.2) is 5.69 Å².